The Morgan fingerprint density at radius 1 is 0.900 bits per heavy atom. The van der Waals surface area contributed by atoms with Crippen molar-refractivity contribution >= 4 is 7.51 Å². The van der Waals surface area contributed by atoms with Crippen LogP contribution < -0.4 is 0 Å². The molecule has 0 atom stereocenters. The van der Waals surface area contributed by atoms with Gasteiger partial charge in [0, 0.05) is 6.04 Å². The molecule has 0 spiro atoms. The molecule has 0 saturated heterocycles. The summed E-state index contributed by atoms with van der Waals surface area (Å²) < 4.78 is 11.8. The summed E-state index contributed by atoms with van der Waals surface area (Å²) in [5.41, 5.74) is 0. The van der Waals surface area contributed by atoms with Crippen molar-refractivity contribution in [2.75, 3.05) is 41.8 Å². The van der Waals surface area contributed by atoms with E-state index in [0.29, 0.717) is 12.6 Å². The summed E-state index contributed by atoms with van der Waals surface area (Å²) in [7, 11) is 8.62. The quantitative estimate of drug-likeness (QED) is 0.453. The molecule has 0 saturated carbocycles. The van der Waals surface area contributed by atoms with Gasteiger partial charge >= 0.3 is 0 Å². The normalized spacial score (nSPS) is 12.2. The number of rotatable bonds is 10. The smallest absolute Gasteiger partial charge is 0.167 e. The van der Waals surface area contributed by atoms with E-state index in [1.165, 1.54) is 0 Å². The van der Waals surface area contributed by atoms with Gasteiger partial charge in [-0.05, 0) is 48.1 Å². The zero-order valence-corrected chi connectivity index (χ0v) is 14.7. The average Bonchev–Trinajstić information content (AvgIpc) is 2.38. The average molecular weight is 298 g/mol. The van der Waals surface area contributed by atoms with E-state index in [1.807, 2.05) is 18.2 Å². The van der Waals surface area contributed by atoms with Crippen LogP contribution in [0.1, 0.15) is 12.8 Å². The molecule has 20 heavy (non-hydrogen) atoms. The molecule has 0 aliphatic carbocycles. The first-order valence-corrected chi connectivity index (χ1v) is 8.48. The first-order chi connectivity index (χ1) is 9.38. The Morgan fingerprint density at radius 2 is 1.35 bits per heavy atom. The molecule has 5 heteroatoms. The minimum absolute atomic E-state index is 0.358. The third-order valence-corrected chi connectivity index (χ3v) is 7.17. The van der Waals surface area contributed by atoms with Gasteiger partial charge in [0.1, 0.15) is 0 Å². The summed E-state index contributed by atoms with van der Waals surface area (Å²) in [5.74, 6) is 0. The standard InChI is InChI=1S/C15H31N4P/c1-9-12-15(13-10-2)19(8)20(17(4)5,18(6)7)16-14-11-3/h9-11,15H,1-3,12-14H2,4-8H3. The Bertz CT molecular complexity index is 352. The molecule has 0 radical (unpaired) electrons. The second-order valence-corrected chi connectivity index (χ2v) is 8.71. The van der Waals surface area contributed by atoms with Crippen molar-refractivity contribution in [1.29, 1.82) is 0 Å². The summed E-state index contributed by atoms with van der Waals surface area (Å²) in [6, 6.07) is 0.358. The second kappa shape index (κ2) is 9.30. The van der Waals surface area contributed by atoms with Gasteiger partial charge in [-0.15, -0.1) is 19.7 Å². The van der Waals surface area contributed by atoms with Crippen LogP contribution in [0.5, 0.6) is 0 Å². The fourth-order valence-electron chi connectivity index (χ4n) is 2.45. The fraction of sp³-hybridized carbons (Fsp3) is 0.600. The molecule has 0 aliphatic rings. The van der Waals surface area contributed by atoms with E-state index in [2.05, 4.69) is 69.0 Å². The molecule has 0 aromatic rings. The van der Waals surface area contributed by atoms with E-state index in [-0.39, 0.29) is 0 Å². The number of hydrogen-bond donors (Lipinski definition) is 0. The van der Waals surface area contributed by atoms with Crippen LogP contribution in [-0.4, -0.2) is 61.8 Å². The molecule has 0 fully saturated rings. The summed E-state index contributed by atoms with van der Waals surface area (Å²) >= 11 is 0. The molecule has 0 unspecified atom stereocenters. The molecule has 0 aromatic carbocycles. The van der Waals surface area contributed by atoms with Crippen molar-refractivity contribution in [1.82, 2.24) is 14.0 Å². The summed E-state index contributed by atoms with van der Waals surface area (Å²) in [5, 5.41) is 0. The summed E-state index contributed by atoms with van der Waals surface area (Å²) in [6.45, 7) is 12.2. The highest BCUT2D eigenvalue weighted by atomic mass is 31.2. The molecule has 0 aliphatic heterocycles. The van der Waals surface area contributed by atoms with E-state index in [0.717, 1.165) is 12.8 Å². The Kier molecular flexibility index (Phi) is 8.99. The predicted molar refractivity (Wildman–Crippen MR) is 93.0 cm³/mol. The van der Waals surface area contributed by atoms with Gasteiger partial charge in [-0.2, -0.15) is 0 Å². The van der Waals surface area contributed by atoms with Crippen molar-refractivity contribution < 1.29 is 0 Å². The van der Waals surface area contributed by atoms with Crippen LogP contribution >= 0.6 is 7.51 Å². The van der Waals surface area contributed by atoms with Gasteiger partial charge in [0.15, 0.2) is 7.51 Å². The van der Waals surface area contributed by atoms with Crippen molar-refractivity contribution in [3.05, 3.63) is 38.0 Å². The number of nitrogens with zero attached hydrogens (tertiary/aromatic N) is 4. The van der Waals surface area contributed by atoms with Crippen LogP contribution in [0.3, 0.4) is 0 Å². The van der Waals surface area contributed by atoms with E-state index >= 15 is 0 Å². The Balaban J connectivity index is 5.75. The van der Waals surface area contributed by atoms with Gasteiger partial charge in [-0.3, -0.25) is 14.1 Å². The molecule has 0 rings (SSSR count). The topological polar surface area (TPSA) is 22.1 Å². The second-order valence-electron chi connectivity index (χ2n) is 5.12. The van der Waals surface area contributed by atoms with Crippen LogP contribution in [0.15, 0.2) is 42.7 Å². The van der Waals surface area contributed by atoms with Crippen LogP contribution in [0, 0.1) is 0 Å². The zero-order chi connectivity index (χ0) is 15.8. The first kappa shape index (κ1) is 19.3. The van der Waals surface area contributed by atoms with Gasteiger partial charge in [0.25, 0.3) is 0 Å². The predicted octanol–water partition coefficient (Wildman–Crippen LogP) is 3.69. The highest BCUT2D eigenvalue weighted by Gasteiger charge is 2.33. The maximum absolute atomic E-state index is 4.96. The summed E-state index contributed by atoms with van der Waals surface area (Å²) in [6.07, 6.45) is 7.65. The molecule has 4 nitrogen and oxygen atoms in total. The van der Waals surface area contributed by atoms with Crippen LogP contribution in [0.2, 0.25) is 0 Å². The lowest BCUT2D eigenvalue weighted by Crippen LogP contribution is -2.38. The van der Waals surface area contributed by atoms with Crippen LogP contribution in [0.4, 0.5) is 0 Å². The Morgan fingerprint density at radius 3 is 1.65 bits per heavy atom. The van der Waals surface area contributed by atoms with E-state index in [4.69, 9.17) is 4.74 Å². The van der Waals surface area contributed by atoms with Crippen molar-refractivity contribution in [2.45, 2.75) is 18.9 Å². The van der Waals surface area contributed by atoms with Gasteiger partial charge in [-0.1, -0.05) is 18.2 Å². The van der Waals surface area contributed by atoms with Crippen molar-refractivity contribution in [3.8, 4) is 0 Å². The molecular formula is C15H31N4P. The maximum atomic E-state index is 4.96. The minimum atomic E-state index is -1.90. The van der Waals surface area contributed by atoms with Gasteiger partial charge in [-0.25, -0.2) is 4.67 Å². The van der Waals surface area contributed by atoms with E-state index < -0.39 is 7.51 Å². The molecular weight excluding hydrogens is 267 g/mol. The van der Waals surface area contributed by atoms with Gasteiger partial charge in [0.2, 0.25) is 0 Å². The largest absolute Gasteiger partial charge is 0.256 e. The number of hydrogen-bond acceptors (Lipinski definition) is 1. The Labute approximate surface area is 125 Å². The molecule has 0 aromatic heterocycles. The third-order valence-electron chi connectivity index (χ3n) is 3.30. The molecule has 116 valence electrons. The highest BCUT2D eigenvalue weighted by molar-refractivity contribution is 7.59. The van der Waals surface area contributed by atoms with E-state index in [9.17, 15) is 0 Å². The van der Waals surface area contributed by atoms with Crippen LogP contribution in [0.25, 0.3) is 0 Å². The lowest BCUT2D eigenvalue weighted by Gasteiger charge is -2.46. The monoisotopic (exact) mass is 298 g/mol. The zero-order valence-electron chi connectivity index (χ0n) is 13.8. The molecule has 0 heterocycles. The van der Waals surface area contributed by atoms with Crippen LogP contribution in [-0.2, 0) is 0 Å². The van der Waals surface area contributed by atoms with E-state index in [1.54, 1.807) is 0 Å². The lowest BCUT2D eigenvalue weighted by molar-refractivity contribution is 0.345. The Hall–Kier alpha value is -0.670. The fourth-order valence-corrected chi connectivity index (χ4v) is 5.96. The molecule has 0 N–H and O–H groups in total. The highest BCUT2D eigenvalue weighted by Crippen LogP contribution is 2.57. The third kappa shape index (κ3) is 4.42. The maximum Gasteiger partial charge on any atom is 0.167 e. The van der Waals surface area contributed by atoms with Crippen molar-refractivity contribution in [3.63, 3.8) is 0 Å². The first-order valence-electron chi connectivity index (χ1n) is 6.88. The lowest BCUT2D eigenvalue weighted by atomic mass is 10.1. The van der Waals surface area contributed by atoms with Crippen molar-refractivity contribution in [2.24, 2.45) is 4.74 Å². The summed E-state index contributed by atoms with van der Waals surface area (Å²) in [4.78, 5) is 0. The minimum Gasteiger partial charge on any atom is -0.256 e. The van der Waals surface area contributed by atoms with Gasteiger partial charge < -0.3 is 0 Å². The van der Waals surface area contributed by atoms with Gasteiger partial charge in [0.05, 0.1) is 6.54 Å². The molecule has 0 amide bonds. The SMILES string of the molecule is C=CCN=P(N(C)C)(N(C)C)N(C)C(CC=C)CC=C. The molecule has 0 bridgehead atoms.